The Morgan fingerprint density at radius 2 is 1.03 bits per heavy atom. The van der Waals surface area contributed by atoms with Crippen LogP contribution in [0, 0.1) is 0 Å². The van der Waals surface area contributed by atoms with Gasteiger partial charge in [0.2, 0.25) is 0 Å². The fraction of sp³-hybridized carbons (Fsp3) is 0.400. The molecule has 0 aliphatic heterocycles. The molecule has 3 rings (SSSR count). The van der Waals surface area contributed by atoms with Gasteiger partial charge in [0, 0.05) is 12.0 Å². The molecule has 0 saturated carbocycles. The van der Waals surface area contributed by atoms with Crippen LogP contribution in [0.4, 0.5) is 0 Å². The monoisotopic (exact) mass is 414 g/mol. The summed E-state index contributed by atoms with van der Waals surface area (Å²) in [4.78, 5) is 0. The molecule has 0 radical (unpaired) electrons. The number of benzene rings is 3. The molecule has 0 fully saturated rings. The van der Waals surface area contributed by atoms with Crippen LogP contribution in [0.3, 0.4) is 0 Å². The molecule has 0 aliphatic carbocycles. The Morgan fingerprint density at radius 1 is 0.613 bits per heavy atom. The van der Waals surface area contributed by atoms with E-state index < -0.39 is 0 Å². The van der Waals surface area contributed by atoms with Crippen molar-refractivity contribution in [3.63, 3.8) is 0 Å². The number of unbranched alkanes of at least 4 members (excludes halogenated alkanes) is 1. The lowest BCUT2D eigenvalue weighted by atomic mass is 9.66. The van der Waals surface area contributed by atoms with Gasteiger partial charge in [0.1, 0.15) is 5.54 Å². The van der Waals surface area contributed by atoms with Gasteiger partial charge in [0.15, 0.2) is 0 Å². The van der Waals surface area contributed by atoms with Crippen molar-refractivity contribution in [1.82, 2.24) is 0 Å². The van der Waals surface area contributed by atoms with Crippen LogP contribution in [0.25, 0.3) is 0 Å². The molecule has 3 aromatic rings. The van der Waals surface area contributed by atoms with Crippen molar-refractivity contribution in [2.75, 3.05) is 19.6 Å². The average molecular weight is 415 g/mol. The molecule has 31 heavy (non-hydrogen) atoms. The summed E-state index contributed by atoms with van der Waals surface area (Å²) in [6.45, 7) is 12.9. The predicted molar refractivity (Wildman–Crippen MR) is 134 cm³/mol. The summed E-state index contributed by atoms with van der Waals surface area (Å²) in [5.41, 5.74) is 4.29. The van der Waals surface area contributed by atoms with Crippen LogP contribution in [0.1, 0.15) is 69.6 Å². The number of likely N-dealkylation sites (N-methyl/N-ethyl adjacent to an activating group) is 1. The van der Waals surface area contributed by atoms with Gasteiger partial charge in [-0.1, -0.05) is 104 Å². The molecule has 1 nitrogen and oxygen atoms in total. The van der Waals surface area contributed by atoms with E-state index in [0.29, 0.717) is 5.92 Å². The van der Waals surface area contributed by atoms with E-state index >= 15 is 0 Å². The lowest BCUT2D eigenvalue weighted by Crippen LogP contribution is -2.65. The van der Waals surface area contributed by atoms with Crippen molar-refractivity contribution >= 4 is 0 Å². The zero-order valence-electron chi connectivity index (χ0n) is 19.9. The van der Waals surface area contributed by atoms with Crippen molar-refractivity contribution in [1.29, 1.82) is 0 Å². The van der Waals surface area contributed by atoms with Crippen molar-refractivity contribution in [3.8, 4) is 0 Å². The van der Waals surface area contributed by atoms with Gasteiger partial charge in [-0.05, 0) is 38.3 Å². The van der Waals surface area contributed by atoms with Crippen LogP contribution >= 0.6 is 0 Å². The summed E-state index contributed by atoms with van der Waals surface area (Å²) in [6, 6.07) is 33.9. The molecular formula is C30H40N+. The van der Waals surface area contributed by atoms with Crippen molar-refractivity contribution in [2.45, 2.75) is 58.4 Å². The van der Waals surface area contributed by atoms with Crippen molar-refractivity contribution in [2.24, 2.45) is 0 Å². The number of hydrogen-bond acceptors (Lipinski definition) is 0. The average Bonchev–Trinajstić information content (AvgIpc) is 2.85. The Morgan fingerprint density at radius 3 is 1.42 bits per heavy atom. The Hall–Kier alpha value is -2.38. The summed E-state index contributed by atoms with van der Waals surface area (Å²) in [5.74, 6) is 0.295. The van der Waals surface area contributed by atoms with Crippen LogP contribution < -0.4 is 0 Å². The van der Waals surface area contributed by atoms with E-state index in [9.17, 15) is 0 Å². The minimum absolute atomic E-state index is 0.0295. The molecule has 0 spiro atoms. The molecular weight excluding hydrogens is 374 g/mol. The molecule has 0 aromatic heterocycles. The Balaban J connectivity index is 2.43. The SMILES string of the molecule is CCCCC(c1ccccc1)(C(c1ccccc1)c1ccccc1)[N+](CC)(CC)CC. The molecule has 1 atom stereocenters. The smallest absolute Gasteiger partial charge is 0.136 e. The van der Waals surface area contributed by atoms with Gasteiger partial charge in [-0.2, -0.15) is 0 Å². The summed E-state index contributed by atoms with van der Waals surface area (Å²) in [5, 5.41) is 0. The fourth-order valence-electron chi connectivity index (χ4n) is 5.97. The summed E-state index contributed by atoms with van der Waals surface area (Å²) < 4.78 is 1.09. The van der Waals surface area contributed by atoms with Crippen LogP contribution in [0.2, 0.25) is 0 Å². The molecule has 0 amide bonds. The standard InChI is InChI=1S/C30H40N/c1-5-9-25-30(28-23-17-12-18-24-28,31(6-2,7-3)8-4)29(26-19-13-10-14-20-26)27-21-15-11-16-22-27/h10-24,29H,5-9,25H2,1-4H3/q+1. The van der Waals surface area contributed by atoms with Crippen molar-refractivity contribution < 1.29 is 4.48 Å². The summed E-state index contributed by atoms with van der Waals surface area (Å²) in [6.07, 6.45) is 3.62. The summed E-state index contributed by atoms with van der Waals surface area (Å²) in [7, 11) is 0. The normalized spacial score (nSPS) is 13.8. The van der Waals surface area contributed by atoms with Crippen LogP contribution in [-0.2, 0) is 5.54 Å². The zero-order chi connectivity index (χ0) is 22.2. The highest BCUT2D eigenvalue weighted by atomic mass is 15.4. The minimum Gasteiger partial charge on any atom is -0.315 e. The second-order valence-corrected chi connectivity index (χ2v) is 8.74. The first-order valence-corrected chi connectivity index (χ1v) is 12.2. The molecule has 0 N–H and O–H groups in total. The Bertz CT molecular complexity index is 836. The third-order valence-electron chi connectivity index (χ3n) is 7.59. The molecule has 0 saturated heterocycles. The van der Waals surface area contributed by atoms with Crippen LogP contribution in [-0.4, -0.2) is 24.1 Å². The lowest BCUT2D eigenvalue weighted by Gasteiger charge is -2.57. The first kappa shape index (κ1) is 23.3. The number of nitrogens with zero attached hydrogens (tertiary/aromatic N) is 1. The Labute approximate surface area is 190 Å². The third-order valence-corrected chi connectivity index (χ3v) is 7.59. The largest absolute Gasteiger partial charge is 0.315 e. The van der Waals surface area contributed by atoms with E-state index in [4.69, 9.17) is 0 Å². The molecule has 3 aromatic carbocycles. The highest BCUT2D eigenvalue weighted by Gasteiger charge is 2.55. The number of rotatable bonds is 11. The first-order chi connectivity index (χ1) is 15.2. The van der Waals surface area contributed by atoms with Gasteiger partial charge in [-0.25, -0.2) is 0 Å². The van der Waals surface area contributed by atoms with Gasteiger partial charge >= 0.3 is 0 Å². The first-order valence-electron chi connectivity index (χ1n) is 12.2. The second-order valence-electron chi connectivity index (χ2n) is 8.74. The van der Waals surface area contributed by atoms with E-state index in [1.165, 1.54) is 36.0 Å². The fourth-order valence-corrected chi connectivity index (χ4v) is 5.97. The molecule has 164 valence electrons. The second kappa shape index (κ2) is 10.8. The van der Waals surface area contributed by atoms with E-state index in [1.807, 2.05) is 0 Å². The van der Waals surface area contributed by atoms with Gasteiger partial charge < -0.3 is 4.48 Å². The molecule has 1 heteroatoms. The van der Waals surface area contributed by atoms with Gasteiger partial charge in [-0.3, -0.25) is 0 Å². The minimum atomic E-state index is -0.0295. The van der Waals surface area contributed by atoms with Crippen LogP contribution in [0.5, 0.6) is 0 Å². The molecule has 0 heterocycles. The highest BCUT2D eigenvalue weighted by molar-refractivity contribution is 5.40. The zero-order valence-corrected chi connectivity index (χ0v) is 19.9. The van der Waals surface area contributed by atoms with Crippen LogP contribution in [0.15, 0.2) is 91.0 Å². The number of quaternary nitrogens is 1. The maximum absolute atomic E-state index is 2.39. The maximum atomic E-state index is 2.39. The van der Waals surface area contributed by atoms with Gasteiger partial charge in [0.05, 0.1) is 25.6 Å². The van der Waals surface area contributed by atoms with Crippen molar-refractivity contribution in [3.05, 3.63) is 108 Å². The third kappa shape index (κ3) is 4.34. The van der Waals surface area contributed by atoms with E-state index in [-0.39, 0.29) is 5.54 Å². The predicted octanol–water partition coefficient (Wildman–Crippen LogP) is 7.78. The summed E-state index contributed by atoms with van der Waals surface area (Å²) >= 11 is 0. The Kier molecular flexibility index (Phi) is 8.09. The molecule has 0 aliphatic rings. The maximum Gasteiger partial charge on any atom is 0.136 e. The molecule has 0 bridgehead atoms. The van der Waals surface area contributed by atoms with E-state index in [2.05, 4.69) is 119 Å². The van der Waals surface area contributed by atoms with Gasteiger partial charge in [0.25, 0.3) is 0 Å². The van der Waals surface area contributed by atoms with Gasteiger partial charge in [-0.15, -0.1) is 0 Å². The lowest BCUT2D eigenvalue weighted by molar-refractivity contribution is -0.982. The quantitative estimate of drug-likeness (QED) is 0.281. The van der Waals surface area contributed by atoms with E-state index in [1.54, 1.807) is 0 Å². The topological polar surface area (TPSA) is 0 Å². The molecule has 1 unspecified atom stereocenters. The highest BCUT2D eigenvalue weighted by Crippen LogP contribution is 2.52. The van der Waals surface area contributed by atoms with E-state index in [0.717, 1.165) is 24.1 Å². The number of hydrogen-bond donors (Lipinski definition) is 0.